The minimum Gasteiger partial charge on any atom is -0.484 e. The first kappa shape index (κ1) is 15.3. The predicted molar refractivity (Wildman–Crippen MR) is 86.4 cm³/mol. The van der Waals surface area contributed by atoms with Crippen molar-refractivity contribution in [2.75, 3.05) is 6.61 Å². The third-order valence-electron chi connectivity index (χ3n) is 2.72. The summed E-state index contributed by atoms with van der Waals surface area (Å²) in [5, 5.41) is 4.06. The standard InChI is InChI=1S/C16H15BrN2O2/c1-12(13-7-9-14(17)10-8-13)18-19-16(20)11-21-15-5-3-2-4-6-15/h2-10H,11H2,1H3,(H,19,20)/b18-12+. The molecule has 0 radical (unpaired) electrons. The van der Waals surface area contributed by atoms with Crippen molar-refractivity contribution in [2.24, 2.45) is 5.10 Å². The highest BCUT2D eigenvalue weighted by Crippen LogP contribution is 2.11. The number of ether oxygens (including phenoxy) is 1. The van der Waals surface area contributed by atoms with Crippen molar-refractivity contribution in [1.29, 1.82) is 0 Å². The van der Waals surface area contributed by atoms with Crippen LogP contribution in [0.2, 0.25) is 0 Å². The average Bonchev–Trinajstić information content (AvgIpc) is 2.52. The number of hydrazone groups is 1. The highest BCUT2D eigenvalue weighted by Gasteiger charge is 2.02. The summed E-state index contributed by atoms with van der Waals surface area (Å²) < 4.78 is 6.33. The number of hydrogen-bond acceptors (Lipinski definition) is 3. The number of para-hydroxylation sites is 1. The van der Waals surface area contributed by atoms with Gasteiger partial charge in [0.15, 0.2) is 6.61 Å². The number of carbonyl (C=O) groups excluding carboxylic acids is 1. The topological polar surface area (TPSA) is 50.7 Å². The molecule has 4 nitrogen and oxygen atoms in total. The van der Waals surface area contributed by atoms with E-state index < -0.39 is 0 Å². The van der Waals surface area contributed by atoms with Gasteiger partial charge in [0.25, 0.3) is 5.91 Å². The molecule has 21 heavy (non-hydrogen) atoms. The number of carbonyl (C=O) groups is 1. The maximum absolute atomic E-state index is 11.7. The van der Waals surface area contributed by atoms with Crippen molar-refractivity contribution >= 4 is 27.5 Å². The van der Waals surface area contributed by atoms with Gasteiger partial charge in [0, 0.05) is 4.47 Å². The van der Waals surface area contributed by atoms with E-state index in [4.69, 9.17) is 4.74 Å². The molecule has 0 atom stereocenters. The van der Waals surface area contributed by atoms with E-state index in [0.717, 1.165) is 15.7 Å². The molecule has 0 aliphatic carbocycles. The number of nitrogens with one attached hydrogen (secondary N) is 1. The first-order chi connectivity index (χ1) is 10.1. The van der Waals surface area contributed by atoms with Gasteiger partial charge in [-0.15, -0.1) is 0 Å². The maximum Gasteiger partial charge on any atom is 0.277 e. The van der Waals surface area contributed by atoms with Crippen LogP contribution in [0.4, 0.5) is 0 Å². The molecule has 108 valence electrons. The van der Waals surface area contributed by atoms with Crippen LogP contribution in [0.1, 0.15) is 12.5 Å². The van der Waals surface area contributed by atoms with E-state index in [1.807, 2.05) is 49.4 Å². The van der Waals surface area contributed by atoms with E-state index in [1.54, 1.807) is 12.1 Å². The Morgan fingerprint density at radius 2 is 1.81 bits per heavy atom. The molecule has 2 aromatic carbocycles. The van der Waals surface area contributed by atoms with Gasteiger partial charge in [0.1, 0.15) is 5.75 Å². The summed E-state index contributed by atoms with van der Waals surface area (Å²) in [5.74, 6) is 0.358. The van der Waals surface area contributed by atoms with Crippen LogP contribution in [0, 0.1) is 0 Å². The van der Waals surface area contributed by atoms with Crippen molar-refractivity contribution in [3.63, 3.8) is 0 Å². The van der Waals surface area contributed by atoms with Crippen LogP contribution < -0.4 is 10.2 Å². The monoisotopic (exact) mass is 346 g/mol. The summed E-state index contributed by atoms with van der Waals surface area (Å²) in [5.41, 5.74) is 4.16. The molecular weight excluding hydrogens is 332 g/mol. The van der Waals surface area contributed by atoms with Crippen molar-refractivity contribution in [2.45, 2.75) is 6.92 Å². The summed E-state index contributed by atoms with van der Waals surface area (Å²) >= 11 is 3.37. The second kappa shape index (κ2) is 7.59. The third kappa shape index (κ3) is 5.04. The zero-order valence-electron chi connectivity index (χ0n) is 11.5. The number of benzene rings is 2. The number of amides is 1. The van der Waals surface area contributed by atoms with Gasteiger partial charge in [-0.2, -0.15) is 5.10 Å². The van der Waals surface area contributed by atoms with Crippen molar-refractivity contribution in [3.05, 3.63) is 64.6 Å². The van der Waals surface area contributed by atoms with E-state index in [9.17, 15) is 4.79 Å². The number of rotatable bonds is 5. The number of halogens is 1. The summed E-state index contributed by atoms with van der Waals surface area (Å²) in [6.45, 7) is 1.77. The van der Waals surface area contributed by atoms with Gasteiger partial charge < -0.3 is 4.74 Å². The fourth-order valence-electron chi connectivity index (χ4n) is 1.60. The molecule has 0 aromatic heterocycles. The Hall–Kier alpha value is -2.14. The smallest absolute Gasteiger partial charge is 0.277 e. The molecule has 0 fully saturated rings. The Kier molecular flexibility index (Phi) is 5.51. The normalized spacial score (nSPS) is 11.0. The summed E-state index contributed by atoms with van der Waals surface area (Å²) in [6, 6.07) is 16.9. The first-order valence-electron chi connectivity index (χ1n) is 6.42. The minimum absolute atomic E-state index is 0.0683. The Morgan fingerprint density at radius 3 is 2.48 bits per heavy atom. The van der Waals surface area contributed by atoms with Gasteiger partial charge in [0.2, 0.25) is 0 Å². The van der Waals surface area contributed by atoms with E-state index in [1.165, 1.54) is 0 Å². The number of nitrogens with zero attached hydrogens (tertiary/aromatic N) is 1. The molecule has 1 N–H and O–H groups in total. The van der Waals surface area contributed by atoms with Gasteiger partial charge in [-0.05, 0) is 36.8 Å². The highest BCUT2D eigenvalue weighted by molar-refractivity contribution is 9.10. The molecule has 0 saturated carbocycles. The molecule has 0 unspecified atom stereocenters. The van der Waals surface area contributed by atoms with Gasteiger partial charge in [-0.25, -0.2) is 5.43 Å². The van der Waals surface area contributed by atoms with Crippen molar-refractivity contribution in [1.82, 2.24) is 5.43 Å². The third-order valence-corrected chi connectivity index (χ3v) is 3.25. The zero-order valence-corrected chi connectivity index (χ0v) is 13.1. The Morgan fingerprint density at radius 1 is 1.14 bits per heavy atom. The largest absolute Gasteiger partial charge is 0.484 e. The van der Waals surface area contributed by atoms with Crippen LogP contribution in [-0.4, -0.2) is 18.2 Å². The summed E-state index contributed by atoms with van der Waals surface area (Å²) in [7, 11) is 0. The molecule has 0 aliphatic rings. The van der Waals surface area contributed by atoms with E-state index in [-0.39, 0.29) is 12.5 Å². The highest BCUT2D eigenvalue weighted by atomic mass is 79.9. The molecule has 0 heterocycles. The Labute approximate surface area is 132 Å². The fraction of sp³-hybridized carbons (Fsp3) is 0.125. The van der Waals surface area contributed by atoms with Crippen LogP contribution in [-0.2, 0) is 4.79 Å². The van der Waals surface area contributed by atoms with Crippen molar-refractivity contribution < 1.29 is 9.53 Å². The van der Waals surface area contributed by atoms with Gasteiger partial charge >= 0.3 is 0 Å². The first-order valence-corrected chi connectivity index (χ1v) is 7.21. The molecule has 0 aliphatic heterocycles. The van der Waals surface area contributed by atoms with Gasteiger partial charge in [-0.1, -0.05) is 46.3 Å². The SMILES string of the molecule is C/C(=N\NC(=O)COc1ccccc1)c1ccc(Br)cc1. The van der Waals surface area contributed by atoms with E-state index >= 15 is 0 Å². The Bertz CT molecular complexity index is 624. The lowest BCUT2D eigenvalue weighted by Gasteiger charge is -2.05. The lowest BCUT2D eigenvalue weighted by atomic mass is 10.1. The molecular formula is C16H15BrN2O2. The van der Waals surface area contributed by atoms with Crippen LogP contribution in [0.15, 0.2) is 64.2 Å². The van der Waals surface area contributed by atoms with E-state index in [2.05, 4.69) is 26.5 Å². The quantitative estimate of drug-likeness (QED) is 0.666. The molecule has 1 amide bonds. The molecule has 2 aromatic rings. The lowest BCUT2D eigenvalue weighted by Crippen LogP contribution is -2.25. The minimum atomic E-state index is -0.296. The van der Waals surface area contributed by atoms with E-state index in [0.29, 0.717) is 5.75 Å². The van der Waals surface area contributed by atoms with Crippen LogP contribution in [0.3, 0.4) is 0 Å². The van der Waals surface area contributed by atoms with Crippen molar-refractivity contribution in [3.8, 4) is 5.75 Å². The molecule has 2 rings (SSSR count). The maximum atomic E-state index is 11.7. The second-order valence-electron chi connectivity index (χ2n) is 4.34. The predicted octanol–water partition coefficient (Wildman–Crippen LogP) is 3.37. The molecule has 0 bridgehead atoms. The van der Waals surface area contributed by atoms with Gasteiger partial charge in [0.05, 0.1) is 5.71 Å². The van der Waals surface area contributed by atoms with Crippen LogP contribution >= 0.6 is 15.9 Å². The second-order valence-corrected chi connectivity index (χ2v) is 5.26. The Balaban J connectivity index is 1.85. The zero-order chi connectivity index (χ0) is 15.1. The molecule has 0 spiro atoms. The number of hydrogen-bond donors (Lipinski definition) is 1. The van der Waals surface area contributed by atoms with Crippen LogP contribution in [0.25, 0.3) is 0 Å². The van der Waals surface area contributed by atoms with Crippen LogP contribution in [0.5, 0.6) is 5.75 Å². The fourth-order valence-corrected chi connectivity index (χ4v) is 1.86. The lowest BCUT2D eigenvalue weighted by molar-refractivity contribution is -0.123. The summed E-state index contributed by atoms with van der Waals surface area (Å²) in [4.78, 5) is 11.7. The summed E-state index contributed by atoms with van der Waals surface area (Å²) in [6.07, 6.45) is 0. The molecule has 5 heteroatoms. The van der Waals surface area contributed by atoms with Gasteiger partial charge in [-0.3, -0.25) is 4.79 Å². The average molecular weight is 347 g/mol. The molecule has 0 saturated heterocycles.